The van der Waals surface area contributed by atoms with E-state index < -0.39 is 0 Å². The summed E-state index contributed by atoms with van der Waals surface area (Å²) >= 11 is 0. The molecular formula is C19H32N2O3. The third-order valence-electron chi connectivity index (χ3n) is 6.45. The smallest absolute Gasteiger partial charge is 0.248 e. The molecule has 2 amide bonds. The number of ether oxygens (including phenoxy) is 1. The van der Waals surface area contributed by atoms with Crippen molar-refractivity contribution in [3.63, 3.8) is 0 Å². The van der Waals surface area contributed by atoms with Crippen LogP contribution >= 0.6 is 0 Å². The second-order valence-corrected chi connectivity index (χ2v) is 7.95. The number of carbonyl (C=O) groups is 2. The zero-order chi connectivity index (χ0) is 17.0. The lowest BCUT2D eigenvalue weighted by Crippen LogP contribution is -2.36. The van der Waals surface area contributed by atoms with Gasteiger partial charge in [-0.2, -0.15) is 0 Å². The van der Waals surface area contributed by atoms with Crippen molar-refractivity contribution in [2.75, 3.05) is 39.9 Å². The van der Waals surface area contributed by atoms with Crippen LogP contribution in [0, 0.1) is 11.3 Å². The fourth-order valence-electron chi connectivity index (χ4n) is 5.08. The number of carbonyl (C=O) groups excluding carboxylic acids is 2. The maximum atomic E-state index is 12.4. The summed E-state index contributed by atoms with van der Waals surface area (Å²) in [5.41, 5.74) is 0.257. The van der Waals surface area contributed by atoms with Crippen molar-refractivity contribution < 1.29 is 14.3 Å². The molecule has 0 aromatic carbocycles. The van der Waals surface area contributed by atoms with E-state index in [2.05, 4.69) is 0 Å². The third-order valence-corrected chi connectivity index (χ3v) is 6.45. The predicted molar refractivity (Wildman–Crippen MR) is 92.5 cm³/mol. The molecule has 2 aliphatic heterocycles. The lowest BCUT2D eigenvalue weighted by atomic mass is 9.66. The van der Waals surface area contributed by atoms with Crippen molar-refractivity contribution in [1.29, 1.82) is 0 Å². The molecule has 3 aliphatic rings. The third kappa shape index (κ3) is 3.76. The van der Waals surface area contributed by atoms with E-state index >= 15 is 0 Å². The van der Waals surface area contributed by atoms with E-state index in [4.69, 9.17) is 4.74 Å². The Balaban J connectivity index is 1.61. The Bertz CT molecular complexity index is 454. The SMILES string of the molecule is COCC(=O)N1CC(CCC(=O)N2CCCC2)C2(CCCCC2)C1. The van der Waals surface area contributed by atoms with Gasteiger partial charge in [0.25, 0.3) is 0 Å². The van der Waals surface area contributed by atoms with Crippen LogP contribution in [0.1, 0.15) is 57.8 Å². The van der Waals surface area contributed by atoms with E-state index in [1.54, 1.807) is 7.11 Å². The van der Waals surface area contributed by atoms with Gasteiger partial charge in [-0.05, 0) is 43.4 Å². The first-order chi connectivity index (χ1) is 11.6. The average molecular weight is 336 g/mol. The van der Waals surface area contributed by atoms with Crippen molar-refractivity contribution in [1.82, 2.24) is 9.80 Å². The Morgan fingerprint density at radius 3 is 2.38 bits per heavy atom. The lowest BCUT2D eigenvalue weighted by Gasteiger charge is -2.38. The second-order valence-electron chi connectivity index (χ2n) is 7.95. The van der Waals surface area contributed by atoms with E-state index in [-0.39, 0.29) is 17.9 Å². The molecule has 0 N–H and O–H groups in total. The fourth-order valence-corrected chi connectivity index (χ4v) is 5.08. The molecular weight excluding hydrogens is 304 g/mol. The van der Waals surface area contributed by atoms with Gasteiger partial charge < -0.3 is 14.5 Å². The molecule has 1 saturated carbocycles. The van der Waals surface area contributed by atoms with Gasteiger partial charge >= 0.3 is 0 Å². The summed E-state index contributed by atoms with van der Waals surface area (Å²) in [7, 11) is 1.58. The van der Waals surface area contributed by atoms with Crippen molar-refractivity contribution in [2.24, 2.45) is 11.3 Å². The van der Waals surface area contributed by atoms with Crippen molar-refractivity contribution in [2.45, 2.75) is 57.8 Å². The molecule has 5 nitrogen and oxygen atoms in total. The molecule has 2 heterocycles. The zero-order valence-electron chi connectivity index (χ0n) is 15.1. The quantitative estimate of drug-likeness (QED) is 0.775. The number of hydrogen-bond acceptors (Lipinski definition) is 3. The summed E-state index contributed by atoms with van der Waals surface area (Å²) in [5, 5.41) is 0. The molecule has 24 heavy (non-hydrogen) atoms. The predicted octanol–water partition coefficient (Wildman–Crippen LogP) is 2.44. The summed E-state index contributed by atoms with van der Waals surface area (Å²) in [6.45, 7) is 3.74. The molecule has 3 fully saturated rings. The Morgan fingerprint density at radius 1 is 1.00 bits per heavy atom. The van der Waals surface area contributed by atoms with Gasteiger partial charge in [-0.15, -0.1) is 0 Å². The topological polar surface area (TPSA) is 49.9 Å². The zero-order valence-corrected chi connectivity index (χ0v) is 15.1. The first-order valence-corrected chi connectivity index (χ1v) is 9.69. The number of hydrogen-bond donors (Lipinski definition) is 0. The number of likely N-dealkylation sites (tertiary alicyclic amines) is 2. The summed E-state index contributed by atoms with van der Waals surface area (Å²) < 4.78 is 5.04. The summed E-state index contributed by atoms with van der Waals surface area (Å²) in [5.74, 6) is 0.904. The monoisotopic (exact) mass is 336 g/mol. The fraction of sp³-hybridized carbons (Fsp3) is 0.895. The van der Waals surface area contributed by atoms with Crippen LogP contribution in [-0.4, -0.2) is 61.5 Å². The van der Waals surface area contributed by atoms with Gasteiger partial charge in [0.05, 0.1) is 0 Å². The highest BCUT2D eigenvalue weighted by atomic mass is 16.5. The van der Waals surface area contributed by atoms with Crippen LogP contribution in [0.4, 0.5) is 0 Å². The highest BCUT2D eigenvalue weighted by molar-refractivity contribution is 5.78. The Kier molecular flexibility index (Phi) is 5.80. The number of rotatable bonds is 5. The van der Waals surface area contributed by atoms with Gasteiger partial charge in [-0.1, -0.05) is 19.3 Å². The number of nitrogens with zero attached hydrogens (tertiary/aromatic N) is 2. The summed E-state index contributed by atoms with van der Waals surface area (Å²) in [6, 6.07) is 0. The molecule has 5 heteroatoms. The average Bonchev–Trinajstić information content (AvgIpc) is 3.23. The maximum Gasteiger partial charge on any atom is 0.248 e. The van der Waals surface area contributed by atoms with E-state index in [0.717, 1.165) is 45.4 Å². The van der Waals surface area contributed by atoms with E-state index in [9.17, 15) is 9.59 Å². The van der Waals surface area contributed by atoms with Crippen molar-refractivity contribution in [3.05, 3.63) is 0 Å². The Hall–Kier alpha value is -1.10. The standard InChI is InChI=1S/C19H32N2O3/c1-24-14-18(23)21-13-16(19(15-21)9-3-2-4-10-19)7-8-17(22)20-11-5-6-12-20/h16H,2-15H2,1H3. The summed E-state index contributed by atoms with van der Waals surface area (Å²) in [6.07, 6.45) is 10.2. The van der Waals surface area contributed by atoms with Crippen molar-refractivity contribution in [3.8, 4) is 0 Å². The van der Waals surface area contributed by atoms with Crippen LogP contribution in [-0.2, 0) is 14.3 Å². The minimum atomic E-state index is 0.107. The van der Waals surface area contributed by atoms with Gasteiger partial charge in [0.1, 0.15) is 6.61 Å². The minimum Gasteiger partial charge on any atom is -0.375 e. The first-order valence-electron chi connectivity index (χ1n) is 9.69. The van der Waals surface area contributed by atoms with E-state index in [1.807, 2.05) is 9.80 Å². The largest absolute Gasteiger partial charge is 0.375 e. The van der Waals surface area contributed by atoms with Gasteiger partial charge in [0.2, 0.25) is 11.8 Å². The molecule has 1 atom stereocenters. The van der Waals surface area contributed by atoms with E-state index in [1.165, 1.54) is 32.1 Å². The number of amides is 2. The van der Waals surface area contributed by atoms with Crippen LogP contribution in [0.15, 0.2) is 0 Å². The van der Waals surface area contributed by atoms with Crippen LogP contribution in [0.3, 0.4) is 0 Å². The highest BCUT2D eigenvalue weighted by Crippen LogP contribution is 2.49. The molecule has 1 unspecified atom stereocenters. The molecule has 3 rings (SSSR count). The van der Waals surface area contributed by atoms with Gasteiger partial charge in [-0.25, -0.2) is 0 Å². The molecule has 136 valence electrons. The minimum absolute atomic E-state index is 0.107. The van der Waals surface area contributed by atoms with Gasteiger partial charge in [0, 0.05) is 39.7 Å². The second kappa shape index (κ2) is 7.85. The molecule has 0 aromatic heterocycles. The molecule has 2 saturated heterocycles. The van der Waals surface area contributed by atoms with Gasteiger partial charge in [-0.3, -0.25) is 9.59 Å². The highest BCUT2D eigenvalue weighted by Gasteiger charge is 2.47. The first kappa shape index (κ1) is 17.7. The maximum absolute atomic E-state index is 12.4. The van der Waals surface area contributed by atoms with Crippen LogP contribution < -0.4 is 0 Å². The molecule has 0 radical (unpaired) electrons. The van der Waals surface area contributed by atoms with Crippen molar-refractivity contribution >= 4 is 11.8 Å². The Morgan fingerprint density at radius 2 is 1.71 bits per heavy atom. The van der Waals surface area contributed by atoms with Gasteiger partial charge in [0.15, 0.2) is 0 Å². The van der Waals surface area contributed by atoms with Crippen LogP contribution in [0.5, 0.6) is 0 Å². The van der Waals surface area contributed by atoms with Crippen LogP contribution in [0.25, 0.3) is 0 Å². The normalized spacial score (nSPS) is 26.3. The molecule has 0 bridgehead atoms. The Labute approximate surface area is 145 Å². The molecule has 1 spiro atoms. The van der Waals surface area contributed by atoms with Crippen LogP contribution in [0.2, 0.25) is 0 Å². The van der Waals surface area contributed by atoms with E-state index in [0.29, 0.717) is 18.2 Å². The molecule has 1 aliphatic carbocycles. The lowest BCUT2D eigenvalue weighted by molar-refractivity contribution is -0.134. The summed E-state index contributed by atoms with van der Waals surface area (Å²) in [4.78, 5) is 28.7. The number of methoxy groups -OCH3 is 1. The molecule has 0 aromatic rings.